The van der Waals surface area contributed by atoms with E-state index in [9.17, 15) is 0 Å². The molecule has 0 spiro atoms. The Bertz CT molecular complexity index is 107. The van der Waals surface area contributed by atoms with E-state index in [2.05, 4.69) is 19.4 Å². The lowest BCUT2D eigenvalue weighted by atomic mass is 10.1. The predicted molar refractivity (Wildman–Crippen MR) is 29.4 cm³/mol. The molecule has 1 aliphatic rings. The molecule has 0 aromatic carbocycles. The fourth-order valence-corrected chi connectivity index (χ4v) is 0.506. The van der Waals surface area contributed by atoms with Gasteiger partial charge in [-0.15, -0.1) is 0 Å². The van der Waals surface area contributed by atoms with E-state index in [1.54, 1.807) is 0 Å². The van der Waals surface area contributed by atoms with Crippen LogP contribution in [0.5, 0.6) is 0 Å². The van der Waals surface area contributed by atoms with Crippen LogP contribution >= 0.6 is 0 Å². The second-order valence-corrected chi connectivity index (χ2v) is 1.68. The Morgan fingerprint density at radius 3 is 2.86 bits per heavy atom. The molecule has 0 nitrogen and oxygen atoms in total. The molecule has 0 atom stereocenters. The van der Waals surface area contributed by atoms with Gasteiger partial charge in [-0.05, 0) is 19.4 Å². The van der Waals surface area contributed by atoms with E-state index in [0.717, 1.165) is 6.42 Å². The van der Waals surface area contributed by atoms with E-state index < -0.39 is 0 Å². The second-order valence-electron chi connectivity index (χ2n) is 1.68. The van der Waals surface area contributed by atoms with Crippen molar-refractivity contribution in [2.75, 3.05) is 0 Å². The Labute approximate surface area is 44.5 Å². The summed E-state index contributed by atoms with van der Waals surface area (Å²) in [5.41, 5.74) is 1.34. The zero-order valence-electron chi connectivity index (χ0n) is 4.36. The molecule has 0 heterocycles. The zero-order chi connectivity index (χ0) is 5.11. The van der Waals surface area contributed by atoms with Crippen LogP contribution in [0.15, 0.2) is 17.7 Å². The Hall–Kier alpha value is -0.520. The Balaban J connectivity index is 2.57. The summed E-state index contributed by atoms with van der Waals surface area (Å²) in [6.07, 6.45) is 10.8. The lowest BCUT2D eigenvalue weighted by molar-refractivity contribution is 1.13. The topological polar surface area (TPSA) is 0 Å². The van der Waals surface area contributed by atoms with Crippen molar-refractivity contribution in [3.8, 4) is 0 Å². The van der Waals surface area contributed by atoms with Crippen LogP contribution < -0.4 is 0 Å². The Morgan fingerprint density at radius 2 is 2.57 bits per heavy atom. The molecule has 1 rings (SSSR count). The first-order chi connectivity index (χ1) is 3.39. The van der Waals surface area contributed by atoms with Crippen molar-refractivity contribution in [1.82, 2.24) is 0 Å². The molecule has 0 heteroatoms. The molecule has 0 unspecified atom stereocenters. The molecule has 0 fully saturated rings. The fourth-order valence-electron chi connectivity index (χ4n) is 0.506. The first kappa shape index (κ1) is 4.63. The van der Waals surface area contributed by atoms with Crippen LogP contribution in [-0.4, -0.2) is 0 Å². The average molecular weight is 91.1 g/mol. The van der Waals surface area contributed by atoms with Crippen molar-refractivity contribution in [1.29, 1.82) is 0 Å². The van der Waals surface area contributed by atoms with E-state index in [1.807, 2.05) is 12.2 Å². The molecular weight excluding hydrogens is 84.1 g/mol. The third-order valence-corrected chi connectivity index (χ3v) is 0.896. The molecule has 0 N–H and O–H groups in total. The van der Waals surface area contributed by atoms with Gasteiger partial charge in [-0.25, -0.2) is 0 Å². The summed E-state index contributed by atoms with van der Waals surface area (Å²) in [6.45, 7) is 2.08. The van der Waals surface area contributed by atoms with E-state index in [-0.39, 0.29) is 0 Å². The molecule has 1 aliphatic carbocycles. The van der Waals surface area contributed by atoms with Gasteiger partial charge in [0.2, 0.25) is 0 Å². The molecule has 0 aromatic heterocycles. The zero-order valence-corrected chi connectivity index (χ0v) is 4.36. The van der Waals surface area contributed by atoms with Crippen LogP contribution in [-0.2, 0) is 0 Å². The molecule has 35 valence electrons. The molecule has 0 bridgehead atoms. The first-order valence-corrected chi connectivity index (χ1v) is 2.36. The summed E-state index contributed by atoms with van der Waals surface area (Å²) in [7, 11) is 0. The van der Waals surface area contributed by atoms with E-state index in [4.69, 9.17) is 0 Å². The van der Waals surface area contributed by atoms with E-state index in [0.29, 0.717) is 0 Å². The summed E-state index contributed by atoms with van der Waals surface area (Å²) < 4.78 is 0. The van der Waals surface area contributed by atoms with Gasteiger partial charge in [0.25, 0.3) is 0 Å². The van der Waals surface area contributed by atoms with Crippen LogP contribution in [0.2, 0.25) is 0 Å². The molecule has 7 heavy (non-hydrogen) atoms. The molecule has 0 aliphatic heterocycles. The van der Waals surface area contributed by atoms with Gasteiger partial charge >= 0.3 is 0 Å². The van der Waals surface area contributed by atoms with Gasteiger partial charge in [-0.3, -0.25) is 0 Å². The standard InChI is InChI=1S/C7H7/c1-7-5-3-2-4-6-7/h2,5H,6H2,1H3. The molecule has 0 aromatic rings. The molecule has 3 radical (unpaired) electrons. The van der Waals surface area contributed by atoms with Crippen molar-refractivity contribution in [3.05, 3.63) is 30.2 Å². The maximum absolute atomic E-state index is 3.03. The molecular formula is C7H7. The minimum absolute atomic E-state index is 0.979. The maximum Gasteiger partial charge on any atom is 0.0134 e. The quantitative estimate of drug-likeness (QED) is 0.426. The smallest absolute Gasteiger partial charge is 0.0134 e. The third-order valence-electron chi connectivity index (χ3n) is 0.896. The van der Waals surface area contributed by atoms with Crippen molar-refractivity contribution < 1.29 is 0 Å². The van der Waals surface area contributed by atoms with E-state index in [1.165, 1.54) is 5.57 Å². The minimum Gasteiger partial charge on any atom is -0.0718 e. The van der Waals surface area contributed by atoms with Crippen LogP contribution in [0.4, 0.5) is 0 Å². The number of hydrogen-bond donors (Lipinski definition) is 0. The van der Waals surface area contributed by atoms with E-state index >= 15 is 0 Å². The molecule has 0 saturated carbocycles. The number of hydrogen-bond acceptors (Lipinski definition) is 0. The maximum atomic E-state index is 3.03. The fraction of sp³-hybridized carbons (Fsp3) is 0.286. The average Bonchev–Trinajstić information content (AvgIpc) is 1.69. The van der Waals surface area contributed by atoms with Gasteiger partial charge in [0.15, 0.2) is 0 Å². The van der Waals surface area contributed by atoms with Crippen LogP contribution in [0, 0.1) is 12.5 Å². The molecule has 0 amide bonds. The Morgan fingerprint density at radius 1 is 1.71 bits per heavy atom. The highest BCUT2D eigenvalue weighted by Crippen LogP contribution is 2.07. The Kier molecular flexibility index (Phi) is 1.30. The van der Waals surface area contributed by atoms with Gasteiger partial charge in [0.05, 0.1) is 0 Å². The summed E-state index contributed by atoms with van der Waals surface area (Å²) >= 11 is 0. The SMILES string of the molecule is CC1=C[C]=C[C]C1. The van der Waals surface area contributed by atoms with Crippen LogP contribution in [0.1, 0.15) is 13.3 Å². The van der Waals surface area contributed by atoms with Crippen LogP contribution in [0.3, 0.4) is 0 Å². The van der Waals surface area contributed by atoms with Gasteiger partial charge in [0.1, 0.15) is 0 Å². The number of allylic oxidation sites excluding steroid dienone is 4. The first-order valence-electron chi connectivity index (χ1n) is 2.36. The summed E-state index contributed by atoms with van der Waals surface area (Å²) in [5, 5.41) is 0. The summed E-state index contributed by atoms with van der Waals surface area (Å²) in [5.74, 6) is 0. The second kappa shape index (κ2) is 1.97. The van der Waals surface area contributed by atoms with Gasteiger partial charge < -0.3 is 0 Å². The lowest BCUT2D eigenvalue weighted by Crippen LogP contribution is -1.80. The minimum atomic E-state index is 0.979. The van der Waals surface area contributed by atoms with Crippen molar-refractivity contribution in [2.45, 2.75) is 13.3 Å². The van der Waals surface area contributed by atoms with Gasteiger partial charge in [-0.1, -0.05) is 17.7 Å². The van der Waals surface area contributed by atoms with Crippen molar-refractivity contribution in [3.63, 3.8) is 0 Å². The lowest BCUT2D eigenvalue weighted by Gasteiger charge is -1.97. The van der Waals surface area contributed by atoms with Crippen LogP contribution in [0.25, 0.3) is 0 Å². The third kappa shape index (κ3) is 1.19. The highest BCUT2D eigenvalue weighted by atomic mass is 13.9. The van der Waals surface area contributed by atoms with Gasteiger partial charge in [0, 0.05) is 6.42 Å². The summed E-state index contributed by atoms with van der Waals surface area (Å²) in [6, 6.07) is 0. The summed E-state index contributed by atoms with van der Waals surface area (Å²) in [4.78, 5) is 0. The van der Waals surface area contributed by atoms with Crippen molar-refractivity contribution >= 4 is 0 Å². The highest BCUT2D eigenvalue weighted by molar-refractivity contribution is 5.17. The monoisotopic (exact) mass is 91.1 g/mol. The highest BCUT2D eigenvalue weighted by Gasteiger charge is 1.90. The largest absolute Gasteiger partial charge is 0.0718 e. The van der Waals surface area contributed by atoms with Gasteiger partial charge in [-0.2, -0.15) is 0 Å². The molecule has 0 saturated heterocycles. The predicted octanol–water partition coefficient (Wildman–Crippen LogP) is 1.78. The normalized spacial score (nSPS) is 19.3. The van der Waals surface area contributed by atoms with Crippen molar-refractivity contribution in [2.24, 2.45) is 0 Å². The number of rotatable bonds is 0.